The highest BCUT2D eigenvalue weighted by atomic mass is 19.4. The summed E-state index contributed by atoms with van der Waals surface area (Å²) in [6.45, 7) is 0. The largest absolute Gasteiger partial charge is 0.491 e. The van der Waals surface area contributed by atoms with Crippen LogP contribution in [0.4, 0.5) is 13.2 Å². The van der Waals surface area contributed by atoms with E-state index in [0.717, 1.165) is 6.42 Å². The fraction of sp³-hybridized carbons (Fsp3) is 0.778. The summed E-state index contributed by atoms with van der Waals surface area (Å²) in [5, 5.41) is 0. The van der Waals surface area contributed by atoms with Gasteiger partial charge in [0.1, 0.15) is 0 Å². The predicted molar refractivity (Wildman–Crippen MR) is 47.1 cm³/mol. The van der Waals surface area contributed by atoms with E-state index in [1.807, 2.05) is 0 Å². The maximum absolute atomic E-state index is 11.8. The van der Waals surface area contributed by atoms with Crippen molar-refractivity contribution in [2.45, 2.75) is 37.9 Å². The number of rotatable bonds is 1. The van der Waals surface area contributed by atoms with Crippen molar-refractivity contribution in [1.29, 1.82) is 0 Å². The maximum atomic E-state index is 11.8. The van der Waals surface area contributed by atoms with E-state index in [1.54, 1.807) is 0 Å². The molecule has 0 aliphatic heterocycles. The van der Waals surface area contributed by atoms with Gasteiger partial charge < -0.3 is 10.5 Å². The second kappa shape index (κ2) is 4.82. The van der Waals surface area contributed by atoms with Crippen molar-refractivity contribution < 1.29 is 27.5 Å². The summed E-state index contributed by atoms with van der Waals surface area (Å²) in [5.74, 6) is -4.29. The van der Waals surface area contributed by atoms with Gasteiger partial charge in [0.2, 0.25) is 0 Å². The van der Waals surface area contributed by atoms with Crippen LogP contribution in [0.2, 0.25) is 0 Å². The first-order chi connectivity index (χ1) is 7.30. The van der Waals surface area contributed by atoms with E-state index in [2.05, 4.69) is 4.74 Å². The van der Waals surface area contributed by atoms with E-state index in [0.29, 0.717) is 12.8 Å². The molecule has 1 rings (SSSR count). The summed E-state index contributed by atoms with van der Waals surface area (Å²) in [6.07, 6.45) is -3.06. The number of carbonyl (C=O) groups is 2. The normalized spacial score (nSPS) is 26.2. The van der Waals surface area contributed by atoms with Crippen molar-refractivity contribution in [3.63, 3.8) is 0 Å². The van der Waals surface area contributed by atoms with Gasteiger partial charge in [-0.15, -0.1) is 0 Å². The number of ether oxygens (including phenoxy) is 1. The molecule has 2 N–H and O–H groups in total. The molecule has 0 radical (unpaired) electrons. The molecule has 0 amide bonds. The summed E-state index contributed by atoms with van der Waals surface area (Å²) < 4.78 is 39.1. The summed E-state index contributed by atoms with van der Waals surface area (Å²) >= 11 is 0. The molecule has 0 aromatic carbocycles. The Hall–Kier alpha value is -1.11. The zero-order valence-electron chi connectivity index (χ0n) is 8.42. The summed E-state index contributed by atoms with van der Waals surface area (Å²) in [4.78, 5) is 21.6. The zero-order chi connectivity index (χ0) is 12.3. The van der Waals surface area contributed by atoms with Crippen molar-refractivity contribution in [2.75, 3.05) is 0 Å². The van der Waals surface area contributed by atoms with Crippen LogP contribution in [0.25, 0.3) is 0 Å². The lowest BCUT2D eigenvalue weighted by atomic mass is 9.86. The van der Waals surface area contributed by atoms with Crippen molar-refractivity contribution in [3.05, 3.63) is 0 Å². The van der Waals surface area contributed by atoms with Gasteiger partial charge in [-0.2, -0.15) is 13.2 Å². The van der Waals surface area contributed by atoms with Crippen LogP contribution in [0.1, 0.15) is 25.7 Å². The summed E-state index contributed by atoms with van der Waals surface area (Å²) in [6, 6.07) is -0.215. The molecule has 16 heavy (non-hydrogen) atoms. The smallest absolute Gasteiger partial charge is 0.386 e. The second-order valence-corrected chi connectivity index (χ2v) is 3.83. The Morgan fingerprint density at radius 1 is 1.25 bits per heavy atom. The van der Waals surface area contributed by atoms with Crippen molar-refractivity contribution in [1.82, 2.24) is 0 Å². The van der Waals surface area contributed by atoms with E-state index in [4.69, 9.17) is 5.73 Å². The minimum absolute atomic E-state index is 0.215. The minimum atomic E-state index is -5.13. The standard InChI is InChI=1S/C9H12F3NO3/c10-9(11,12)8(15)16-7(14)5-2-1-3-6(13)4-5/h5-6H,1-4,13H2. The molecule has 0 aromatic rings. The fourth-order valence-electron chi connectivity index (χ4n) is 1.67. The number of nitrogens with two attached hydrogens (primary N) is 1. The van der Waals surface area contributed by atoms with E-state index in [-0.39, 0.29) is 12.5 Å². The molecule has 4 nitrogen and oxygen atoms in total. The molecular weight excluding hydrogens is 227 g/mol. The van der Waals surface area contributed by atoms with Crippen LogP contribution in [-0.2, 0) is 14.3 Å². The Labute approximate surface area is 89.9 Å². The molecule has 7 heteroatoms. The molecule has 1 fully saturated rings. The highest BCUT2D eigenvalue weighted by molar-refractivity contribution is 5.89. The monoisotopic (exact) mass is 239 g/mol. The van der Waals surface area contributed by atoms with E-state index < -0.39 is 24.0 Å². The van der Waals surface area contributed by atoms with Crippen molar-refractivity contribution in [2.24, 2.45) is 11.7 Å². The number of esters is 2. The molecule has 0 heterocycles. The lowest BCUT2D eigenvalue weighted by Gasteiger charge is -2.24. The molecule has 92 valence electrons. The van der Waals surface area contributed by atoms with Gasteiger partial charge in [0, 0.05) is 6.04 Å². The first-order valence-corrected chi connectivity index (χ1v) is 4.89. The first kappa shape index (κ1) is 13.0. The van der Waals surface area contributed by atoms with Crippen molar-refractivity contribution >= 4 is 11.9 Å². The van der Waals surface area contributed by atoms with Gasteiger partial charge in [0.05, 0.1) is 5.92 Å². The molecule has 1 saturated carbocycles. The van der Waals surface area contributed by atoms with Gasteiger partial charge in [-0.3, -0.25) is 4.79 Å². The second-order valence-electron chi connectivity index (χ2n) is 3.83. The van der Waals surface area contributed by atoms with Gasteiger partial charge in [-0.25, -0.2) is 4.79 Å². The average molecular weight is 239 g/mol. The molecule has 0 bridgehead atoms. The van der Waals surface area contributed by atoms with Gasteiger partial charge in [0.15, 0.2) is 0 Å². The molecule has 0 aromatic heterocycles. The van der Waals surface area contributed by atoms with Crippen LogP contribution in [0.15, 0.2) is 0 Å². The van der Waals surface area contributed by atoms with Crippen LogP contribution >= 0.6 is 0 Å². The Morgan fingerprint density at radius 2 is 1.88 bits per heavy atom. The van der Waals surface area contributed by atoms with Crippen LogP contribution in [0.5, 0.6) is 0 Å². The third-order valence-electron chi connectivity index (χ3n) is 2.47. The number of hydrogen-bond donors (Lipinski definition) is 1. The van der Waals surface area contributed by atoms with Crippen LogP contribution in [0, 0.1) is 5.92 Å². The number of carbonyl (C=O) groups excluding carboxylic acids is 2. The number of alkyl halides is 3. The number of halogens is 3. The van der Waals surface area contributed by atoms with E-state index >= 15 is 0 Å². The molecule has 0 saturated heterocycles. The Bertz CT molecular complexity index is 290. The average Bonchev–Trinajstić information content (AvgIpc) is 2.16. The quantitative estimate of drug-likeness (QED) is 0.550. The van der Waals surface area contributed by atoms with E-state index in [9.17, 15) is 22.8 Å². The molecule has 0 spiro atoms. The Kier molecular flexibility index (Phi) is 3.90. The summed E-state index contributed by atoms with van der Waals surface area (Å²) in [5.41, 5.74) is 5.56. The van der Waals surface area contributed by atoms with Crippen LogP contribution < -0.4 is 5.73 Å². The van der Waals surface area contributed by atoms with Crippen molar-refractivity contribution in [3.8, 4) is 0 Å². The predicted octanol–water partition coefficient (Wildman–Crippen LogP) is 1.14. The third kappa shape index (κ3) is 3.48. The van der Waals surface area contributed by atoms with Gasteiger partial charge in [-0.1, -0.05) is 6.42 Å². The lowest BCUT2D eigenvalue weighted by molar-refractivity contribution is -0.203. The molecule has 2 atom stereocenters. The number of hydrogen-bond acceptors (Lipinski definition) is 4. The topological polar surface area (TPSA) is 69.4 Å². The molecule has 1 aliphatic carbocycles. The van der Waals surface area contributed by atoms with Crippen LogP contribution in [-0.4, -0.2) is 24.2 Å². The summed E-state index contributed by atoms with van der Waals surface area (Å²) in [7, 11) is 0. The SMILES string of the molecule is NC1CCCC(C(=O)OC(=O)C(F)(F)F)C1. The molecule has 2 unspecified atom stereocenters. The molecule has 1 aliphatic rings. The maximum Gasteiger partial charge on any atom is 0.491 e. The fourth-order valence-corrected chi connectivity index (χ4v) is 1.67. The zero-order valence-corrected chi connectivity index (χ0v) is 8.42. The lowest BCUT2D eigenvalue weighted by Crippen LogP contribution is -2.36. The van der Waals surface area contributed by atoms with Gasteiger partial charge in [0.25, 0.3) is 0 Å². The highest BCUT2D eigenvalue weighted by Gasteiger charge is 2.43. The highest BCUT2D eigenvalue weighted by Crippen LogP contribution is 2.25. The van der Waals surface area contributed by atoms with Crippen LogP contribution in [0.3, 0.4) is 0 Å². The Balaban J connectivity index is 2.49. The van der Waals surface area contributed by atoms with E-state index in [1.165, 1.54) is 0 Å². The molecular formula is C9H12F3NO3. The Morgan fingerprint density at radius 3 is 2.38 bits per heavy atom. The first-order valence-electron chi connectivity index (χ1n) is 4.89. The van der Waals surface area contributed by atoms with Gasteiger partial charge in [-0.05, 0) is 19.3 Å². The van der Waals surface area contributed by atoms with Gasteiger partial charge >= 0.3 is 18.1 Å². The third-order valence-corrected chi connectivity index (χ3v) is 2.47. The minimum Gasteiger partial charge on any atom is -0.386 e.